The molecule has 6 amide bonds. The van der Waals surface area contributed by atoms with Gasteiger partial charge >= 0.3 is 11.9 Å². The molecule has 0 unspecified atom stereocenters. The molecular formula is C39H55N7O12. The maximum absolute atomic E-state index is 13.9. The van der Waals surface area contributed by atoms with Crippen LogP contribution >= 0.6 is 0 Å². The molecule has 58 heavy (non-hydrogen) atoms. The summed E-state index contributed by atoms with van der Waals surface area (Å²) in [5.41, 5.74) is 6.41. The van der Waals surface area contributed by atoms with Crippen molar-refractivity contribution in [2.45, 2.75) is 103 Å². The lowest BCUT2D eigenvalue weighted by molar-refractivity contribution is -0.142. The first-order chi connectivity index (χ1) is 27.2. The number of carboxylic acid groups (broad SMARTS) is 2. The zero-order valence-electron chi connectivity index (χ0n) is 33.1. The molecule has 0 aliphatic rings. The van der Waals surface area contributed by atoms with Gasteiger partial charge in [-0.05, 0) is 48.4 Å². The van der Waals surface area contributed by atoms with Gasteiger partial charge in [-0.3, -0.25) is 33.6 Å². The van der Waals surface area contributed by atoms with E-state index in [0.717, 1.165) is 0 Å². The van der Waals surface area contributed by atoms with Crippen LogP contribution in [-0.4, -0.2) is 117 Å². The number of nitrogens with two attached hydrogens (primary N) is 1. The first-order valence-corrected chi connectivity index (χ1v) is 18.7. The summed E-state index contributed by atoms with van der Waals surface area (Å²) >= 11 is 0. The number of aliphatic hydroxyl groups is 1. The molecule has 2 aromatic carbocycles. The highest BCUT2D eigenvalue weighted by Crippen LogP contribution is 2.14. The molecule has 0 saturated carbocycles. The van der Waals surface area contributed by atoms with E-state index in [4.69, 9.17) is 5.73 Å². The van der Waals surface area contributed by atoms with Crippen LogP contribution in [0.3, 0.4) is 0 Å². The average molecular weight is 814 g/mol. The van der Waals surface area contributed by atoms with Crippen LogP contribution in [-0.2, 0) is 51.2 Å². The fourth-order valence-electron chi connectivity index (χ4n) is 5.71. The Hall–Kier alpha value is -6.08. The molecular weight excluding hydrogens is 758 g/mol. The lowest BCUT2D eigenvalue weighted by Gasteiger charge is -2.30. The number of nitrogens with one attached hydrogen (secondary N) is 6. The average Bonchev–Trinajstić information content (AvgIpc) is 3.14. The van der Waals surface area contributed by atoms with Crippen LogP contribution in [0.2, 0.25) is 0 Å². The predicted octanol–water partition coefficient (Wildman–Crippen LogP) is -1.31. The number of aliphatic carboxylic acids is 2. The van der Waals surface area contributed by atoms with Crippen molar-refractivity contribution < 1.29 is 58.8 Å². The molecule has 19 heteroatoms. The Bertz CT molecular complexity index is 1740. The normalized spacial score (nSPS) is 14.7. The summed E-state index contributed by atoms with van der Waals surface area (Å²) < 4.78 is 0. The second-order valence-electron chi connectivity index (χ2n) is 14.6. The van der Waals surface area contributed by atoms with Gasteiger partial charge in [-0.2, -0.15) is 0 Å². The summed E-state index contributed by atoms with van der Waals surface area (Å²) in [6.07, 6.45) is -2.59. The highest BCUT2D eigenvalue weighted by atomic mass is 16.4. The molecule has 0 spiro atoms. The van der Waals surface area contributed by atoms with E-state index in [1.807, 2.05) is 0 Å². The highest BCUT2D eigenvalue weighted by molar-refractivity contribution is 5.97. The van der Waals surface area contributed by atoms with Crippen molar-refractivity contribution in [3.05, 3.63) is 65.7 Å². The van der Waals surface area contributed by atoms with Crippen LogP contribution in [0.1, 0.15) is 58.6 Å². The Labute approximate surface area is 335 Å². The monoisotopic (exact) mass is 813 g/mol. The number of phenolic OH excluding ortho intramolecular Hbond substituents is 1. The maximum atomic E-state index is 13.9. The SMILES string of the molecule is CC(C)C[C@H](NC(=O)[C@H](CC(=O)O)NC(=O)CN)C(=O)N[C@H](C(=O)N[C@H](C(=O)N[C@@H](Cc1ccc(O)cc1)C(=O)N[C@@H](Cc1ccccc1)C(=O)O)C(C)C)[C@@H](C)O. The summed E-state index contributed by atoms with van der Waals surface area (Å²) in [7, 11) is 0. The molecule has 0 aliphatic heterocycles. The largest absolute Gasteiger partial charge is 0.508 e. The van der Waals surface area contributed by atoms with Crippen LogP contribution in [0.25, 0.3) is 0 Å². The fourth-order valence-corrected chi connectivity index (χ4v) is 5.71. The standard InChI is InChI=1S/C39H55N7O12/c1-20(2)15-26(42-35(53)28(18-31(50)51)41-30(49)19-40)36(54)46-33(22(5)47)38(56)45-32(21(3)4)37(55)43-27(16-24-11-13-25(48)14-12-24)34(52)44-29(39(57)58)17-23-9-7-6-8-10-23/h6-14,20-22,26-29,32-33,47-48H,15-19,40H2,1-5H3,(H,41,49)(H,42,53)(H,43,55)(H,44,52)(H,45,56)(H,46,54)(H,50,51)(H,57,58)/t22-,26+,27+,28+,29+,32+,33+/m1/s1. The van der Waals surface area contributed by atoms with E-state index >= 15 is 0 Å². The molecule has 0 heterocycles. The van der Waals surface area contributed by atoms with Gasteiger partial charge in [0.15, 0.2) is 0 Å². The Morgan fingerprint density at radius 3 is 1.59 bits per heavy atom. The van der Waals surface area contributed by atoms with Gasteiger partial charge in [0.05, 0.1) is 19.1 Å². The van der Waals surface area contributed by atoms with Crippen LogP contribution < -0.4 is 37.6 Å². The first kappa shape index (κ1) is 48.1. The van der Waals surface area contributed by atoms with Gasteiger partial charge in [0.2, 0.25) is 35.4 Å². The fraction of sp³-hybridized carbons (Fsp3) is 0.487. The summed E-state index contributed by atoms with van der Waals surface area (Å²) in [5.74, 6) is -9.16. The quantitative estimate of drug-likeness (QED) is 0.0622. The van der Waals surface area contributed by atoms with Crippen molar-refractivity contribution in [1.29, 1.82) is 0 Å². The number of carbonyl (C=O) groups excluding carboxylic acids is 6. The molecule has 12 N–H and O–H groups in total. The van der Waals surface area contributed by atoms with Crippen molar-refractivity contribution in [2.75, 3.05) is 6.54 Å². The van der Waals surface area contributed by atoms with Crippen molar-refractivity contribution in [1.82, 2.24) is 31.9 Å². The smallest absolute Gasteiger partial charge is 0.326 e. The van der Waals surface area contributed by atoms with E-state index in [1.165, 1.54) is 31.2 Å². The number of carbonyl (C=O) groups is 8. The van der Waals surface area contributed by atoms with Gasteiger partial charge < -0.3 is 58.1 Å². The van der Waals surface area contributed by atoms with Crippen LogP contribution in [0.15, 0.2) is 54.6 Å². The zero-order chi connectivity index (χ0) is 43.7. The molecule has 2 rings (SSSR count). The molecule has 0 bridgehead atoms. The summed E-state index contributed by atoms with van der Waals surface area (Å²) in [4.78, 5) is 103. The minimum Gasteiger partial charge on any atom is -0.508 e. The lowest BCUT2D eigenvalue weighted by Crippen LogP contribution is -2.62. The van der Waals surface area contributed by atoms with Crippen LogP contribution in [0.4, 0.5) is 0 Å². The second-order valence-corrected chi connectivity index (χ2v) is 14.6. The molecule has 0 aromatic heterocycles. The van der Waals surface area contributed by atoms with E-state index < -0.39 is 109 Å². The molecule has 318 valence electrons. The summed E-state index contributed by atoms with van der Waals surface area (Å²) in [5, 5.41) is 54.1. The third-order valence-electron chi connectivity index (χ3n) is 8.77. The van der Waals surface area contributed by atoms with Gasteiger partial charge in [0.1, 0.15) is 42.0 Å². The van der Waals surface area contributed by atoms with E-state index in [1.54, 1.807) is 58.0 Å². The topological polar surface area (TPSA) is 316 Å². The highest BCUT2D eigenvalue weighted by Gasteiger charge is 2.36. The Balaban J connectivity index is 2.33. The Morgan fingerprint density at radius 2 is 1.07 bits per heavy atom. The number of hydrogen-bond donors (Lipinski definition) is 11. The zero-order valence-corrected chi connectivity index (χ0v) is 33.1. The van der Waals surface area contributed by atoms with E-state index in [2.05, 4.69) is 31.9 Å². The second kappa shape index (κ2) is 23.2. The van der Waals surface area contributed by atoms with Crippen molar-refractivity contribution in [2.24, 2.45) is 17.6 Å². The van der Waals surface area contributed by atoms with E-state index in [-0.39, 0.29) is 30.9 Å². The van der Waals surface area contributed by atoms with Gasteiger partial charge in [-0.1, -0.05) is 70.2 Å². The van der Waals surface area contributed by atoms with Gasteiger partial charge in [0, 0.05) is 12.8 Å². The number of amides is 6. The molecule has 19 nitrogen and oxygen atoms in total. The predicted molar refractivity (Wildman–Crippen MR) is 208 cm³/mol. The van der Waals surface area contributed by atoms with E-state index in [9.17, 15) is 58.8 Å². The number of aliphatic hydroxyl groups excluding tert-OH is 1. The van der Waals surface area contributed by atoms with Gasteiger partial charge in [-0.25, -0.2) is 4.79 Å². The minimum absolute atomic E-state index is 0.00799. The van der Waals surface area contributed by atoms with Crippen LogP contribution in [0, 0.1) is 11.8 Å². The van der Waals surface area contributed by atoms with E-state index in [0.29, 0.717) is 11.1 Å². The summed E-state index contributed by atoms with van der Waals surface area (Å²) in [6, 6.07) is 5.57. The van der Waals surface area contributed by atoms with Crippen LogP contribution in [0.5, 0.6) is 5.75 Å². The third-order valence-corrected chi connectivity index (χ3v) is 8.77. The Morgan fingerprint density at radius 1 is 0.586 bits per heavy atom. The maximum Gasteiger partial charge on any atom is 0.326 e. The number of phenols is 1. The van der Waals surface area contributed by atoms with Crippen molar-refractivity contribution in [3.63, 3.8) is 0 Å². The first-order valence-electron chi connectivity index (χ1n) is 18.7. The molecule has 0 fully saturated rings. The molecule has 2 aromatic rings. The number of rotatable bonds is 23. The Kier molecular flexibility index (Phi) is 19.2. The van der Waals surface area contributed by atoms with Crippen molar-refractivity contribution >= 4 is 47.4 Å². The van der Waals surface area contributed by atoms with Gasteiger partial charge in [0.25, 0.3) is 0 Å². The number of hydrogen-bond acceptors (Lipinski definition) is 11. The third kappa shape index (κ3) is 16.2. The molecule has 0 aliphatic carbocycles. The molecule has 0 saturated heterocycles. The minimum atomic E-state index is -1.69. The number of benzene rings is 2. The van der Waals surface area contributed by atoms with Crippen molar-refractivity contribution in [3.8, 4) is 5.75 Å². The van der Waals surface area contributed by atoms with Gasteiger partial charge in [-0.15, -0.1) is 0 Å². The lowest BCUT2D eigenvalue weighted by atomic mass is 9.99. The number of carboxylic acids is 2. The molecule has 7 atom stereocenters. The summed E-state index contributed by atoms with van der Waals surface area (Å²) in [6.45, 7) is 7.28. The molecule has 0 radical (unpaired) electrons. The number of aromatic hydroxyl groups is 1.